The third-order valence-corrected chi connectivity index (χ3v) is 9.07. The second-order valence-corrected chi connectivity index (χ2v) is 12.9. The van der Waals surface area contributed by atoms with Crippen molar-refractivity contribution >= 4 is 17.6 Å². The lowest BCUT2D eigenvalue weighted by molar-refractivity contribution is -0.228. The van der Waals surface area contributed by atoms with Crippen LogP contribution in [-0.2, 0) is 27.2 Å². The summed E-state index contributed by atoms with van der Waals surface area (Å²) in [5.41, 5.74) is 3.45. The molecule has 0 spiro atoms. The third-order valence-electron chi connectivity index (χ3n) is 9.07. The maximum atomic E-state index is 13.6. The number of ether oxygens (including phenoxy) is 2. The Morgan fingerprint density at radius 2 is 1.48 bits per heavy atom. The molecular formula is C36H43NO9. The van der Waals surface area contributed by atoms with Crippen LogP contribution in [0.2, 0.25) is 0 Å². The predicted octanol–water partition coefficient (Wildman–Crippen LogP) is 3.35. The first-order valence-corrected chi connectivity index (χ1v) is 15.7. The lowest BCUT2D eigenvalue weighted by atomic mass is 9.78. The standard InChI is InChI=1S/C36H43NO9/c1-21-7-9-22(10-8-21)5-4-6-27-30(37(34(27)42)25-15-17-26(18-16-25)46-36(2,3)35(43)44)24-13-11-23(12-14-24)19-28-31(39)33(41)32(40)29(20-38)45-28/h7-18,27-33,38-41H,4-6,19-20H2,1-3H3,(H,43,44)/t27-,28+,29-,30-,31+,32-,33-/m1/s1. The van der Waals surface area contributed by atoms with E-state index in [1.54, 1.807) is 29.2 Å². The first-order valence-electron chi connectivity index (χ1n) is 15.7. The highest BCUT2D eigenvalue weighted by Gasteiger charge is 2.48. The number of hydrogen-bond acceptors (Lipinski definition) is 8. The average molecular weight is 634 g/mol. The molecule has 10 nitrogen and oxygen atoms in total. The summed E-state index contributed by atoms with van der Waals surface area (Å²) >= 11 is 0. The lowest BCUT2D eigenvalue weighted by Crippen LogP contribution is -2.59. The zero-order valence-electron chi connectivity index (χ0n) is 26.3. The molecule has 2 heterocycles. The van der Waals surface area contributed by atoms with E-state index in [0.717, 1.165) is 24.0 Å². The van der Waals surface area contributed by atoms with E-state index >= 15 is 0 Å². The van der Waals surface area contributed by atoms with Crippen LogP contribution in [0.5, 0.6) is 5.75 Å². The smallest absolute Gasteiger partial charge is 0.347 e. The maximum absolute atomic E-state index is 13.6. The number of carboxylic acid groups (broad SMARTS) is 1. The molecule has 3 aromatic rings. The van der Waals surface area contributed by atoms with Gasteiger partial charge in [0.2, 0.25) is 5.91 Å². The van der Waals surface area contributed by atoms with E-state index in [1.165, 1.54) is 25.0 Å². The monoisotopic (exact) mass is 633 g/mol. The van der Waals surface area contributed by atoms with Crippen molar-refractivity contribution < 1.29 is 44.6 Å². The SMILES string of the molecule is Cc1ccc(CCC[C@H]2C(=O)N(c3ccc(OC(C)(C)C(=O)O)cc3)[C@@H]2c2ccc(C[C@@H]3O[C@H](CO)[C@@H](O)[C@H](O)[C@H]3O)cc2)cc1. The molecule has 0 aromatic heterocycles. The number of rotatable bonds is 12. The second-order valence-electron chi connectivity index (χ2n) is 12.9. The molecule has 0 unspecified atom stereocenters. The van der Waals surface area contributed by atoms with Crippen molar-refractivity contribution in [2.24, 2.45) is 5.92 Å². The Morgan fingerprint density at radius 1 is 0.870 bits per heavy atom. The summed E-state index contributed by atoms with van der Waals surface area (Å²) in [6.45, 7) is 4.51. The number of hydrogen-bond donors (Lipinski definition) is 5. The fraction of sp³-hybridized carbons (Fsp3) is 0.444. The summed E-state index contributed by atoms with van der Waals surface area (Å²) < 4.78 is 11.3. The Labute approximate surface area is 268 Å². The summed E-state index contributed by atoms with van der Waals surface area (Å²) in [6.07, 6.45) is -3.28. The lowest BCUT2D eigenvalue weighted by Gasteiger charge is -2.48. The topological polar surface area (TPSA) is 157 Å². The highest BCUT2D eigenvalue weighted by atomic mass is 16.5. The van der Waals surface area contributed by atoms with Crippen molar-refractivity contribution in [1.82, 2.24) is 0 Å². The number of carbonyl (C=O) groups excluding carboxylic acids is 1. The van der Waals surface area contributed by atoms with E-state index in [9.17, 15) is 35.1 Å². The summed E-state index contributed by atoms with van der Waals surface area (Å²) in [6, 6.07) is 22.7. The molecule has 0 saturated carbocycles. The average Bonchev–Trinajstić information content (AvgIpc) is 3.04. The van der Waals surface area contributed by atoms with Gasteiger partial charge in [0.1, 0.15) is 30.2 Å². The van der Waals surface area contributed by atoms with Gasteiger partial charge in [0.15, 0.2) is 5.60 Å². The Hall–Kier alpha value is -3.80. The molecule has 0 bridgehead atoms. The van der Waals surface area contributed by atoms with Gasteiger partial charge in [-0.3, -0.25) is 4.79 Å². The summed E-state index contributed by atoms with van der Waals surface area (Å²) in [7, 11) is 0. The van der Waals surface area contributed by atoms with Crippen molar-refractivity contribution in [2.45, 2.75) is 88.6 Å². The molecule has 2 fully saturated rings. The third kappa shape index (κ3) is 7.11. The number of aryl methyl sites for hydroxylation is 2. The normalized spacial score (nSPS) is 26.5. The molecule has 5 N–H and O–H groups in total. The number of anilines is 1. The fourth-order valence-electron chi connectivity index (χ4n) is 6.22. The van der Waals surface area contributed by atoms with Crippen LogP contribution >= 0.6 is 0 Å². The molecule has 7 atom stereocenters. The number of carboxylic acids is 1. The Kier molecular flexibility index (Phi) is 10.1. The van der Waals surface area contributed by atoms with Crippen LogP contribution in [0, 0.1) is 12.8 Å². The quantitative estimate of drug-likeness (QED) is 0.189. The van der Waals surface area contributed by atoms with E-state index in [1.807, 2.05) is 24.3 Å². The molecule has 0 aliphatic carbocycles. The number of benzene rings is 3. The van der Waals surface area contributed by atoms with Crippen molar-refractivity contribution in [3.8, 4) is 5.75 Å². The molecule has 1 amide bonds. The first-order chi connectivity index (χ1) is 21.9. The second kappa shape index (κ2) is 13.9. The van der Waals surface area contributed by atoms with Gasteiger partial charge in [0.25, 0.3) is 0 Å². The van der Waals surface area contributed by atoms with E-state index in [-0.39, 0.29) is 24.3 Å². The van der Waals surface area contributed by atoms with Crippen molar-refractivity contribution in [1.29, 1.82) is 0 Å². The number of β-lactam (4-membered cyclic amide) rings is 1. The highest BCUT2D eigenvalue weighted by Crippen LogP contribution is 2.46. The van der Waals surface area contributed by atoms with Gasteiger partial charge < -0.3 is 39.9 Å². The van der Waals surface area contributed by atoms with E-state index in [0.29, 0.717) is 17.9 Å². The molecule has 2 saturated heterocycles. The zero-order chi connectivity index (χ0) is 33.2. The number of nitrogens with zero attached hydrogens (tertiary/aromatic N) is 1. The fourth-order valence-corrected chi connectivity index (χ4v) is 6.22. The van der Waals surface area contributed by atoms with E-state index in [2.05, 4.69) is 31.2 Å². The number of carbonyl (C=O) groups is 2. The Balaban J connectivity index is 1.34. The minimum Gasteiger partial charge on any atom is -0.478 e. The number of aliphatic hydroxyl groups is 4. The van der Waals surface area contributed by atoms with Gasteiger partial charge in [-0.1, -0.05) is 54.1 Å². The molecular weight excluding hydrogens is 590 g/mol. The Morgan fingerprint density at radius 3 is 2.09 bits per heavy atom. The van der Waals surface area contributed by atoms with Crippen LogP contribution in [0.4, 0.5) is 5.69 Å². The molecule has 0 radical (unpaired) electrons. The molecule has 2 aliphatic rings. The molecule has 2 aliphatic heterocycles. The zero-order valence-corrected chi connectivity index (χ0v) is 26.3. The summed E-state index contributed by atoms with van der Waals surface area (Å²) in [4.78, 5) is 26.9. The van der Waals surface area contributed by atoms with Gasteiger partial charge in [-0.25, -0.2) is 4.79 Å². The molecule has 3 aromatic carbocycles. The van der Waals surface area contributed by atoms with Crippen LogP contribution in [0.1, 0.15) is 55.0 Å². The predicted molar refractivity (Wildman–Crippen MR) is 171 cm³/mol. The Bertz CT molecular complexity index is 1490. The van der Waals surface area contributed by atoms with E-state index < -0.39 is 48.7 Å². The van der Waals surface area contributed by atoms with Gasteiger partial charge >= 0.3 is 5.97 Å². The maximum Gasteiger partial charge on any atom is 0.347 e. The van der Waals surface area contributed by atoms with Crippen LogP contribution in [0.25, 0.3) is 0 Å². The van der Waals surface area contributed by atoms with Gasteiger partial charge in [-0.15, -0.1) is 0 Å². The van der Waals surface area contributed by atoms with E-state index in [4.69, 9.17) is 9.47 Å². The largest absolute Gasteiger partial charge is 0.478 e. The van der Waals surface area contributed by atoms with Gasteiger partial charge in [-0.2, -0.15) is 0 Å². The molecule has 10 heteroatoms. The van der Waals surface area contributed by atoms with Gasteiger partial charge in [-0.05, 0) is 81.0 Å². The van der Waals surface area contributed by atoms with Crippen LogP contribution < -0.4 is 9.64 Å². The van der Waals surface area contributed by atoms with Gasteiger partial charge in [0.05, 0.1) is 24.7 Å². The molecule has 46 heavy (non-hydrogen) atoms. The minimum atomic E-state index is -1.43. The van der Waals surface area contributed by atoms with Crippen LogP contribution in [-0.4, -0.2) is 80.1 Å². The minimum absolute atomic E-state index is 0.0128. The summed E-state index contributed by atoms with van der Waals surface area (Å²) in [5.74, 6) is -0.923. The summed E-state index contributed by atoms with van der Waals surface area (Å²) in [5, 5.41) is 49.7. The van der Waals surface area contributed by atoms with Crippen molar-refractivity contribution in [3.63, 3.8) is 0 Å². The van der Waals surface area contributed by atoms with Gasteiger partial charge in [0, 0.05) is 12.1 Å². The number of aliphatic hydroxyl groups excluding tert-OH is 4. The molecule has 246 valence electrons. The molecule has 5 rings (SSSR count). The van der Waals surface area contributed by atoms with Crippen molar-refractivity contribution in [2.75, 3.05) is 11.5 Å². The first kappa shape index (κ1) is 33.6. The van der Waals surface area contributed by atoms with Crippen LogP contribution in [0.15, 0.2) is 72.8 Å². The van der Waals surface area contributed by atoms with Crippen LogP contribution in [0.3, 0.4) is 0 Å². The number of aliphatic carboxylic acids is 1. The number of amides is 1. The van der Waals surface area contributed by atoms with Crippen molar-refractivity contribution in [3.05, 3.63) is 95.1 Å². The highest BCUT2D eigenvalue weighted by molar-refractivity contribution is 6.03.